The molecule has 5 heterocycles. The summed E-state index contributed by atoms with van der Waals surface area (Å²) in [4.78, 5) is 47.6. The van der Waals surface area contributed by atoms with E-state index in [9.17, 15) is 0 Å². The van der Waals surface area contributed by atoms with Crippen LogP contribution in [0, 0.1) is 0 Å². The number of benzene rings is 4. The maximum atomic E-state index is 6.01. The molecule has 0 amide bonds. The molecule has 2 aliphatic heterocycles. The molecule has 97 heavy (non-hydrogen) atoms. The zero-order valence-corrected chi connectivity index (χ0v) is 63.4. The summed E-state index contributed by atoms with van der Waals surface area (Å²) in [5, 5.41) is 4.63. The van der Waals surface area contributed by atoms with E-state index in [1.54, 1.807) is 0 Å². The van der Waals surface area contributed by atoms with Gasteiger partial charge in [0.05, 0.1) is 23.3 Å². The van der Waals surface area contributed by atoms with Gasteiger partial charge in [-0.25, -0.2) is 9.97 Å². The molecule has 8 nitrogen and oxygen atoms in total. The van der Waals surface area contributed by atoms with Gasteiger partial charge in [0, 0.05) is 44.8 Å². The zero-order valence-electron chi connectivity index (χ0n) is 62.5. The van der Waals surface area contributed by atoms with Crippen molar-refractivity contribution in [1.82, 2.24) is 39.9 Å². The first kappa shape index (κ1) is 77.5. The summed E-state index contributed by atoms with van der Waals surface area (Å²) in [7, 11) is 0. The molecule has 0 fully saturated rings. The van der Waals surface area contributed by atoms with Gasteiger partial charge in [0.1, 0.15) is 0 Å². The monoisotopic (exact) mass is 1350 g/mol. The first-order valence-corrected chi connectivity index (χ1v) is 40.7. The fourth-order valence-corrected chi connectivity index (χ4v) is 15.7. The molecular weight excluding hydrogens is 1230 g/mol. The molecule has 0 radical (unpaired) electrons. The summed E-state index contributed by atoms with van der Waals surface area (Å²) in [6.45, 7) is 18.6. The first-order chi connectivity index (χ1) is 47.4. The average molecular weight is 1360 g/mol. The fourth-order valence-electron chi connectivity index (χ4n) is 15.7. The van der Waals surface area contributed by atoms with Gasteiger partial charge in [-0.1, -0.05) is 309 Å². The van der Waals surface area contributed by atoms with Crippen LogP contribution in [0.1, 0.15) is 357 Å². The number of hydrogen-bond acceptors (Lipinski definition) is 6. The minimum Gasteiger partial charge on any atom is -0.357 e. The van der Waals surface area contributed by atoms with Crippen molar-refractivity contribution in [3.63, 3.8) is 0 Å². The van der Waals surface area contributed by atoms with Crippen molar-refractivity contribution in [3.05, 3.63) is 93.0 Å². The third kappa shape index (κ3) is 21.4. The van der Waals surface area contributed by atoms with Crippen LogP contribution in [0.25, 0.3) is 89.7 Å². The van der Waals surface area contributed by atoms with Gasteiger partial charge in [0.15, 0.2) is 0 Å². The molecule has 9 heteroatoms. The van der Waals surface area contributed by atoms with Crippen LogP contribution in [-0.4, -0.2) is 29.9 Å². The molecule has 9 rings (SSSR count). The van der Waals surface area contributed by atoms with Crippen LogP contribution in [0.4, 0.5) is 0 Å². The van der Waals surface area contributed by atoms with Gasteiger partial charge in [0.25, 0.3) is 0 Å². The predicted molar refractivity (Wildman–Crippen MR) is 414 cm³/mol. The van der Waals surface area contributed by atoms with Crippen molar-refractivity contribution < 1.29 is 16.5 Å². The Morgan fingerprint density at radius 3 is 0.526 bits per heavy atom. The molecule has 0 unspecified atom stereocenters. The van der Waals surface area contributed by atoms with Crippen molar-refractivity contribution in [3.8, 4) is 45.6 Å². The predicted octanol–water partition coefficient (Wildman–Crippen LogP) is 26.2. The van der Waals surface area contributed by atoms with Gasteiger partial charge in [-0.3, -0.25) is 0 Å². The van der Waals surface area contributed by atoms with E-state index < -0.39 is 0 Å². The van der Waals surface area contributed by atoms with Gasteiger partial charge in [-0.05, 0) is 169 Å². The second-order valence-corrected chi connectivity index (χ2v) is 29.3. The van der Waals surface area contributed by atoms with Crippen LogP contribution in [-0.2, 0) is 67.9 Å². The van der Waals surface area contributed by atoms with E-state index in [0.29, 0.717) is 0 Å². The topological polar surface area (TPSA) is 106 Å². The summed E-state index contributed by atoms with van der Waals surface area (Å²) in [6.07, 6.45) is 56.5. The van der Waals surface area contributed by atoms with E-state index in [-0.39, 0.29) is 16.5 Å². The Hall–Kier alpha value is -5.27. The Morgan fingerprint density at radius 1 is 0.196 bits per heavy atom. The Bertz CT molecular complexity index is 3200. The largest absolute Gasteiger partial charge is 2.00 e. The number of rotatable bonds is 48. The first-order valence-electron chi connectivity index (χ1n) is 40.7. The van der Waals surface area contributed by atoms with E-state index in [4.69, 9.17) is 39.9 Å². The molecule has 0 spiro atoms. The van der Waals surface area contributed by atoms with Crippen molar-refractivity contribution in [2.45, 2.75) is 364 Å². The van der Waals surface area contributed by atoms with Gasteiger partial charge in [-0.15, -0.1) is 0 Å². The number of unbranched alkanes of at least 4 members (excludes halogenated alkanes) is 32. The summed E-state index contributed by atoms with van der Waals surface area (Å²) in [6, 6.07) is 19.6. The van der Waals surface area contributed by atoms with Gasteiger partial charge in [-0.2, -0.15) is 0 Å². The molecule has 8 bridgehead atoms. The molecule has 0 aliphatic carbocycles. The summed E-state index contributed by atoms with van der Waals surface area (Å²) < 4.78 is 0. The Labute approximate surface area is 599 Å². The SMILES string of the molecule is CCCCCCCc1ccc(CCCCCCC)c2c1-c1nc-2nc2[n-]c(nc3nc(nc4[n-]c(n1)c1c(CCCCCCC)ccc(CCCCCCC)c41)-c1c(CCCCCCC)ccc(CCCCCCC)c1-3)c1c(CCCCCCC)ccc(CCCCCCC)c21.[Ni+2]. The maximum absolute atomic E-state index is 6.01. The number of aryl methyl sites for hydroxylation is 8. The molecule has 0 atom stereocenters. The van der Waals surface area contributed by atoms with Crippen molar-refractivity contribution in [2.24, 2.45) is 0 Å². The molecular formula is C88H128N8Ni. The number of fused-ring (bicyclic) bond motifs is 20. The number of nitrogens with zero attached hydrogens (tertiary/aromatic N) is 8. The minimum atomic E-state index is 0. The van der Waals surface area contributed by atoms with Crippen molar-refractivity contribution in [1.29, 1.82) is 0 Å². The molecule has 530 valence electrons. The van der Waals surface area contributed by atoms with Crippen LogP contribution in [0.3, 0.4) is 0 Å². The Morgan fingerprint density at radius 2 is 0.351 bits per heavy atom. The number of aromatic nitrogens is 8. The second kappa shape index (κ2) is 42.7. The Kier molecular flexibility index (Phi) is 34.1. The molecule has 7 aromatic rings. The van der Waals surface area contributed by atoms with Crippen molar-refractivity contribution >= 4 is 44.1 Å². The van der Waals surface area contributed by atoms with Crippen molar-refractivity contribution in [2.75, 3.05) is 0 Å². The second-order valence-electron chi connectivity index (χ2n) is 29.3. The third-order valence-corrected chi connectivity index (χ3v) is 21.4. The molecule has 0 saturated carbocycles. The summed E-state index contributed by atoms with van der Waals surface area (Å²) in [5.41, 5.74) is 18.2. The van der Waals surface area contributed by atoms with E-state index >= 15 is 0 Å². The summed E-state index contributed by atoms with van der Waals surface area (Å²) in [5.74, 6) is 2.98. The Balaban J connectivity index is 0.0000120. The van der Waals surface area contributed by atoms with E-state index in [1.807, 2.05) is 0 Å². The number of hydrogen-bond donors (Lipinski definition) is 0. The van der Waals surface area contributed by atoms with Crippen LogP contribution in [0.5, 0.6) is 0 Å². The zero-order chi connectivity index (χ0) is 67.1. The normalized spacial score (nSPS) is 12.0. The van der Waals surface area contributed by atoms with E-state index in [2.05, 4.69) is 104 Å². The van der Waals surface area contributed by atoms with Crippen LogP contribution in [0.15, 0.2) is 48.5 Å². The quantitative estimate of drug-likeness (QED) is 0.0274. The van der Waals surface area contributed by atoms with Gasteiger partial charge >= 0.3 is 16.5 Å². The van der Waals surface area contributed by atoms with Crippen LogP contribution in [0.2, 0.25) is 0 Å². The van der Waals surface area contributed by atoms with Gasteiger partial charge in [0.2, 0.25) is 0 Å². The molecule has 4 aromatic carbocycles. The third-order valence-electron chi connectivity index (χ3n) is 21.4. The molecule has 3 aromatic heterocycles. The van der Waals surface area contributed by atoms with Gasteiger partial charge < -0.3 is 29.9 Å². The standard InChI is InChI=1S/C88H128N8.Ni/c1-9-17-25-33-41-49-65-57-58-66(50-42-34-26-18-10-2)74-73(65)81-89-82(74)94-84-77-69(53-45-37-29-21-13-5)61-62-70(54-46-38-30-22-14-6)78(77)86(91-84)96-88-80-72(56-48-40-32-24-16-8)64-63-71(55-47-39-31-23-15-7)79(80)87(92-88)95-85-76-68(52-44-36-28-20-12-4)60-59-67(51-43-35-27-19-11-3)75(76)83(90-85)93-81;/h57-64H,9-56H2,1-8H3;/q-2;+2. The molecule has 0 N–H and O–H groups in total. The molecule has 0 saturated heterocycles. The smallest absolute Gasteiger partial charge is 0.357 e. The minimum absolute atomic E-state index is 0. The summed E-state index contributed by atoms with van der Waals surface area (Å²) >= 11 is 0. The van der Waals surface area contributed by atoms with Crippen LogP contribution >= 0.6 is 0 Å². The average Bonchev–Trinajstić information content (AvgIpc) is 1.51. The van der Waals surface area contributed by atoms with E-state index in [0.717, 1.165) is 192 Å². The fraction of sp³-hybridized carbons (Fsp3) is 0.636. The molecule has 2 aliphatic rings. The van der Waals surface area contributed by atoms with Crippen LogP contribution < -0.4 is 9.97 Å². The maximum Gasteiger partial charge on any atom is 2.00 e. The van der Waals surface area contributed by atoms with E-state index in [1.165, 1.54) is 250 Å².